The highest BCUT2D eigenvalue weighted by molar-refractivity contribution is 7.20. The maximum absolute atomic E-state index is 14.4. The monoisotopic (exact) mass is 402 g/mol. The van der Waals surface area contributed by atoms with E-state index in [0.717, 1.165) is 32.7 Å². The second kappa shape index (κ2) is 6.33. The summed E-state index contributed by atoms with van der Waals surface area (Å²) in [5.74, 6) is -0.125. The van der Waals surface area contributed by atoms with Crippen LogP contribution < -0.4 is 0 Å². The summed E-state index contributed by atoms with van der Waals surface area (Å²) in [5.41, 5.74) is 5.99. The van der Waals surface area contributed by atoms with Gasteiger partial charge >= 0.3 is 0 Å². The quantitative estimate of drug-likeness (QED) is 0.318. The van der Waals surface area contributed by atoms with E-state index >= 15 is 0 Å². The van der Waals surface area contributed by atoms with Gasteiger partial charge in [0.25, 0.3) is 0 Å². The van der Waals surface area contributed by atoms with Crippen LogP contribution in [0.5, 0.6) is 0 Å². The molecular formula is C22H20ClFS2. The molecule has 0 unspecified atom stereocenters. The molecule has 0 saturated heterocycles. The van der Waals surface area contributed by atoms with Crippen LogP contribution >= 0.6 is 34.3 Å². The predicted molar refractivity (Wildman–Crippen MR) is 115 cm³/mol. The lowest BCUT2D eigenvalue weighted by atomic mass is 9.99. The van der Waals surface area contributed by atoms with Gasteiger partial charge < -0.3 is 0 Å². The van der Waals surface area contributed by atoms with Crippen molar-refractivity contribution in [3.8, 4) is 0 Å². The van der Waals surface area contributed by atoms with Crippen molar-refractivity contribution in [3.05, 3.63) is 66.6 Å². The van der Waals surface area contributed by atoms with Crippen molar-refractivity contribution >= 4 is 54.4 Å². The molecule has 0 spiro atoms. The van der Waals surface area contributed by atoms with E-state index in [0.29, 0.717) is 0 Å². The first-order valence-corrected chi connectivity index (χ1v) is 10.7. The van der Waals surface area contributed by atoms with E-state index in [1.165, 1.54) is 36.5 Å². The van der Waals surface area contributed by atoms with E-state index in [2.05, 4.69) is 26.8 Å². The van der Waals surface area contributed by atoms with Gasteiger partial charge in [0.15, 0.2) is 0 Å². The van der Waals surface area contributed by atoms with Crippen LogP contribution in [-0.4, -0.2) is 0 Å². The number of hydrogen-bond donors (Lipinski definition) is 0. The van der Waals surface area contributed by atoms with Gasteiger partial charge in [-0.3, -0.25) is 0 Å². The summed E-state index contributed by atoms with van der Waals surface area (Å²) >= 11 is 10.2. The summed E-state index contributed by atoms with van der Waals surface area (Å²) in [5, 5.41) is 2.78. The third-order valence-electron chi connectivity index (χ3n) is 5.42. The van der Waals surface area contributed by atoms with Crippen LogP contribution in [0.25, 0.3) is 20.2 Å². The Morgan fingerprint density at radius 1 is 0.885 bits per heavy atom. The molecule has 2 aromatic carbocycles. The van der Waals surface area contributed by atoms with Crippen molar-refractivity contribution in [2.24, 2.45) is 0 Å². The van der Waals surface area contributed by atoms with Gasteiger partial charge in [0.1, 0.15) is 5.82 Å². The maximum Gasteiger partial charge on any atom is 0.132 e. The zero-order valence-corrected chi connectivity index (χ0v) is 17.9. The highest BCUT2D eigenvalue weighted by atomic mass is 35.5. The summed E-state index contributed by atoms with van der Waals surface area (Å²) in [7, 11) is 0. The summed E-state index contributed by atoms with van der Waals surface area (Å²) in [4.78, 5) is 2.54. The summed E-state index contributed by atoms with van der Waals surface area (Å²) in [6.07, 6.45) is 0.793. The van der Waals surface area contributed by atoms with Gasteiger partial charge in [-0.2, -0.15) is 0 Å². The number of fused-ring (bicyclic) bond motifs is 2. The van der Waals surface area contributed by atoms with Crippen LogP contribution in [0.1, 0.15) is 37.6 Å². The number of rotatable bonds is 2. The molecule has 0 atom stereocenters. The number of thiophene rings is 2. The van der Waals surface area contributed by atoms with E-state index in [4.69, 9.17) is 11.6 Å². The highest BCUT2D eigenvalue weighted by Gasteiger charge is 2.18. The first-order chi connectivity index (χ1) is 12.3. The van der Waals surface area contributed by atoms with Gasteiger partial charge in [-0.1, -0.05) is 17.7 Å². The van der Waals surface area contributed by atoms with Gasteiger partial charge in [-0.15, -0.1) is 22.7 Å². The Labute approximate surface area is 166 Å². The standard InChI is InChI=1S/C22H20ClFS2/c1-10-6-7-17(24)20-13(4)18(26-21(10)20)9-15-8-16(23)19-11(2)14(5)25-22(19)12(15)3/h6-8H,9H2,1-5H3. The molecule has 0 N–H and O–H groups in total. The van der Waals surface area contributed by atoms with Gasteiger partial charge in [-0.05, 0) is 74.6 Å². The van der Waals surface area contributed by atoms with Crippen LogP contribution in [0, 0.1) is 40.4 Å². The Morgan fingerprint density at radius 2 is 1.62 bits per heavy atom. The van der Waals surface area contributed by atoms with Crippen molar-refractivity contribution < 1.29 is 4.39 Å². The van der Waals surface area contributed by atoms with Crippen LogP contribution in [0.15, 0.2) is 18.2 Å². The Bertz CT molecular complexity index is 1180. The Hall–Kier alpha value is -1.42. The predicted octanol–water partition coefficient (Wildman–Crippen LogP) is 8.04. The number of hydrogen-bond acceptors (Lipinski definition) is 2. The van der Waals surface area contributed by atoms with Crippen molar-refractivity contribution in [1.29, 1.82) is 0 Å². The molecule has 0 amide bonds. The molecule has 0 aliphatic carbocycles. The Morgan fingerprint density at radius 3 is 2.31 bits per heavy atom. The molecular weight excluding hydrogens is 383 g/mol. The lowest BCUT2D eigenvalue weighted by Gasteiger charge is -2.09. The molecule has 0 nitrogen and oxygen atoms in total. The number of halogens is 2. The Balaban J connectivity index is 1.90. The molecule has 4 heteroatoms. The van der Waals surface area contributed by atoms with Crippen molar-refractivity contribution in [2.75, 3.05) is 0 Å². The summed E-state index contributed by atoms with van der Waals surface area (Å²) < 4.78 is 16.7. The largest absolute Gasteiger partial charge is 0.206 e. The van der Waals surface area contributed by atoms with Gasteiger partial charge in [0.2, 0.25) is 0 Å². The van der Waals surface area contributed by atoms with Crippen molar-refractivity contribution in [1.82, 2.24) is 0 Å². The minimum atomic E-state index is -0.125. The molecule has 4 aromatic rings. The Kier molecular flexibility index (Phi) is 4.37. The molecule has 0 bridgehead atoms. The first kappa shape index (κ1) is 18.0. The van der Waals surface area contributed by atoms with E-state index in [-0.39, 0.29) is 5.82 Å². The lowest BCUT2D eigenvalue weighted by Crippen LogP contribution is -1.93. The number of benzene rings is 2. The molecule has 2 heterocycles. The van der Waals surface area contributed by atoms with Crippen molar-refractivity contribution in [2.45, 2.75) is 41.0 Å². The molecule has 0 saturated carbocycles. The van der Waals surface area contributed by atoms with E-state index in [1.807, 2.05) is 31.3 Å². The first-order valence-electron chi connectivity index (χ1n) is 8.64. The summed E-state index contributed by atoms with van der Waals surface area (Å²) in [6, 6.07) is 5.54. The van der Waals surface area contributed by atoms with Crippen LogP contribution in [0.2, 0.25) is 5.02 Å². The molecule has 26 heavy (non-hydrogen) atoms. The molecule has 2 aromatic heterocycles. The zero-order chi connectivity index (χ0) is 18.7. The second-order valence-electron chi connectivity index (χ2n) is 7.03. The van der Waals surface area contributed by atoms with Crippen molar-refractivity contribution in [3.63, 3.8) is 0 Å². The smallest absolute Gasteiger partial charge is 0.132 e. The fourth-order valence-corrected chi connectivity index (χ4v) is 6.61. The SMILES string of the molecule is Cc1sc2c(C)c(Cc3sc4c(C)ccc(F)c4c3C)cc(Cl)c2c1C. The third-order valence-corrected chi connectivity index (χ3v) is 8.47. The van der Waals surface area contributed by atoms with E-state index < -0.39 is 0 Å². The zero-order valence-electron chi connectivity index (χ0n) is 15.5. The molecule has 0 aliphatic heterocycles. The van der Waals surface area contributed by atoms with Gasteiger partial charge in [0, 0.05) is 41.4 Å². The van der Waals surface area contributed by atoms with Gasteiger partial charge in [-0.25, -0.2) is 4.39 Å². The molecule has 0 aliphatic rings. The lowest BCUT2D eigenvalue weighted by molar-refractivity contribution is 0.639. The fourth-order valence-electron chi connectivity index (χ4n) is 3.67. The minimum Gasteiger partial charge on any atom is -0.206 e. The highest BCUT2D eigenvalue weighted by Crippen LogP contribution is 2.41. The van der Waals surface area contributed by atoms with Crippen LogP contribution in [-0.2, 0) is 6.42 Å². The minimum absolute atomic E-state index is 0.125. The van der Waals surface area contributed by atoms with Crippen LogP contribution in [0.4, 0.5) is 4.39 Å². The van der Waals surface area contributed by atoms with E-state index in [1.54, 1.807) is 17.4 Å². The average Bonchev–Trinajstić information content (AvgIpc) is 3.08. The average molecular weight is 403 g/mol. The molecule has 0 fully saturated rings. The molecule has 4 rings (SSSR count). The summed E-state index contributed by atoms with van der Waals surface area (Å²) in [6.45, 7) is 10.5. The normalized spacial score (nSPS) is 11.8. The second-order valence-corrected chi connectivity index (χ2v) is 9.76. The van der Waals surface area contributed by atoms with E-state index in [9.17, 15) is 4.39 Å². The topological polar surface area (TPSA) is 0 Å². The number of aryl methyl sites for hydroxylation is 5. The maximum atomic E-state index is 14.4. The molecule has 0 radical (unpaired) electrons. The van der Waals surface area contributed by atoms with Crippen LogP contribution in [0.3, 0.4) is 0 Å². The third kappa shape index (κ3) is 2.60. The molecule has 134 valence electrons. The fraction of sp³-hybridized carbons (Fsp3) is 0.273. The van der Waals surface area contributed by atoms with Gasteiger partial charge in [0.05, 0.1) is 0 Å².